The molecule has 1 aromatic rings. The lowest BCUT2D eigenvalue weighted by Crippen LogP contribution is -2.47. The van der Waals surface area contributed by atoms with Crippen LogP contribution < -0.4 is 5.73 Å². The Balaban J connectivity index is 1.59. The number of amides is 1. The van der Waals surface area contributed by atoms with Crippen LogP contribution in [0, 0.1) is 0 Å². The number of rotatable bonds is 6. The molecule has 3 rings (SSSR count). The van der Waals surface area contributed by atoms with E-state index in [2.05, 4.69) is 10.1 Å². The summed E-state index contributed by atoms with van der Waals surface area (Å²) >= 11 is 1.72. The van der Waals surface area contributed by atoms with Crippen LogP contribution >= 0.6 is 11.8 Å². The van der Waals surface area contributed by atoms with E-state index in [0.29, 0.717) is 12.5 Å². The molecule has 2 fully saturated rings. The van der Waals surface area contributed by atoms with E-state index in [1.807, 2.05) is 11.2 Å². The smallest absolute Gasteiger partial charge is 0.239 e. The molecule has 1 amide bonds. The van der Waals surface area contributed by atoms with E-state index in [1.54, 1.807) is 11.8 Å². The molecule has 1 aliphatic carbocycles. The van der Waals surface area contributed by atoms with Crippen LogP contribution in [0.5, 0.6) is 0 Å². The Morgan fingerprint density at radius 1 is 1.45 bits per heavy atom. The van der Waals surface area contributed by atoms with Gasteiger partial charge >= 0.3 is 0 Å². The van der Waals surface area contributed by atoms with Crippen molar-refractivity contribution in [1.82, 2.24) is 15.0 Å². The van der Waals surface area contributed by atoms with Crippen LogP contribution in [0.15, 0.2) is 4.52 Å². The van der Waals surface area contributed by atoms with Gasteiger partial charge in [0.25, 0.3) is 0 Å². The van der Waals surface area contributed by atoms with Crippen molar-refractivity contribution in [2.24, 2.45) is 5.73 Å². The Bertz CT molecular complexity index is 517. The highest BCUT2D eigenvalue weighted by Crippen LogP contribution is 2.39. The second-order valence-electron chi connectivity index (χ2n) is 6.28. The van der Waals surface area contributed by atoms with Gasteiger partial charge < -0.3 is 15.2 Å². The van der Waals surface area contributed by atoms with E-state index < -0.39 is 6.04 Å². The van der Waals surface area contributed by atoms with Crippen molar-refractivity contribution in [3.8, 4) is 0 Å². The molecule has 1 saturated carbocycles. The number of nitrogens with zero attached hydrogens (tertiary/aromatic N) is 3. The third-order valence-corrected chi connectivity index (χ3v) is 5.08. The maximum Gasteiger partial charge on any atom is 0.239 e. The van der Waals surface area contributed by atoms with Crippen molar-refractivity contribution in [2.75, 3.05) is 25.1 Å². The summed E-state index contributed by atoms with van der Waals surface area (Å²) in [7, 11) is 0. The quantitative estimate of drug-likeness (QED) is 0.858. The molecule has 1 aromatic heterocycles. The van der Waals surface area contributed by atoms with Crippen molar-refractivity contribution >= 4 is 17.7 Å². The van der Waals surface area contributed by atoms with Crippen molar-refractivity contribution in [3.05, 3.63) is 11.7 Å². The van der Waals surface area contributed by atoms with Crippen LogP contribution in [0.3, 0.4) is 0 Å². The van der Waals surface area contributed by atoms with Crippen LogP contribution in [0.2, 0.25) is 0 Å². The predicted molar refractivity (Wildman–Crippen MR) is 85.8 cm³/mol. The average Bonchev–Trinajstić information content (AvgIpc) is 3.29. The molecule has 22 heavy (non-hydrogen) atoms. The number of piperidine rings is 1. The van der Waals surface area contributed by atoms with Crippen LogP contribution in [-0.2, 0) is 4.79 Å². The van der Waals surface area contributed by atoms with Gasteiger partial charge in [-0.15, -0.1) is 0 Å². The molecule has 0 spiro atoms. The molecular formula is C15H24N4O2S. The fourth-order valence-corrected chi connectivity index (χ4v) is 3.39. The average molecular weight is 324 g/mol. The molecule has 0 bridgehead atoms. The minimum Gasteiger partial charge on any atom is -0.341 e. The Morgan fingerprint density at radius 2 is 2.27 bits per heavy atom. The molecule has 1 saturated heterocycles. The van der Waals surface area contributed by atoms with Gasteiger partial charge in [0.2, 0.25) is 11.8 Å². The number of carbonyl (C=O) groups excluding carboxylic acids is 1. The normalized spacial score (nSPS) is 23.5. The van der Waals surface area contributed by atoms with Crippen molar-refractivity contribution < 1.29 is 9.32 Å². The van der Waals surface area contributed by atoms with Crippen molar-refractivity contribution in [2.45, 2.75) is 50.0 Å². The molecule has 6 nitrogen and oxygen atoms in total. The van der Waals surface area contributed by atoms with Gasteiger partial charge in [-0.25, -0.2) is 0 Å². The second-order valence-corrected chi connectivity index (χ2v) is 7.26. The van der Waals surface area contributed by atoms with Crippen LogP contribution in [-0.4, -0.2) is 52.1 Å². The van der Waals surface area contributed by atoms with E-state index in [0.717, 1.165) is 56.1 Å². The second kappa shape index (κ2) is 7.00. The molecular weight excluding hydrogens is 300 g/mol. The zero-order valence-corrected chi connectivity index (χ0v) is 13.8. The zero-order valence-electron chi connectivity index (χ0n) is 13.0. The minimum atomic E-state index is -0.390. The number of thioether (sulfide) groups is 1. The summed E-state index contributed by atoms with van der Waals surface area (Å²) in [5.41, 5.74) is 6.02. The maximum absolute atomic E-state index is 12.4. The summed E-state index contributed by atoms with van der Waals surface area (Å²) in [6.45, 7) is 1.45. The third-order valence-electron chi connectivity index (χ3n) is 4.43. The monoisotopic (exact) mass is 324 g/mol. The first-order valence-corrected chi connectivity index (χ1v) is 9.45. The first kappa shape index (κ1) is 15.8. The predicted octanol–water partition coefficient (Wildman–Crippen LogP) is 1.73. The van der Waals surface area contributed by atoms with Crippen molar-refractivity contribution in [1.29, 1.82) is 0 Å². The van der Waals surface area contributed by atoms with E-state index in [1.165, 1.54) is 0 Å². The number of likely N-dealkylation sites (tertiary alicyclic amines) is 1. The summed E-state index contributed by atoms with van der Waals surface area (Å²) in [5.74, 6) is 3.17. The topological polar surface area (TPSA) is 85.3 Å². The lowest BCUT2D eigenvalue weighted by Gasteiger charge is -2.33. The van der Waals surface area contributed by atoms with Crippen LogP contribution in [0.1, 0.15) is 55.7 Å². The fourth-order valence-electron chi connectivity index (χ4n) is 2.90. The molecule has 2 N–H and O–H groups in total. The number of nitrogens with two attached hydrogens (primary N) is 1. The first-order chi connectivity index (χ1) is 10.7. The lowest BCUT2D eigenvalue weighted by molar-refractivity contribution is -0.133. The first-order valence-electron chi connectivity index (χ1n) is 8.06. The molecule has 7 heteroatoms. The molecule has 1 aliphatic heterocycles. The van der Waals surface area contributed by atoms with Gasteiger partial charge in [0.15, 0.2) is 5.82 Å². The van der Waals surface area contributed by atoms with Gasteiger partial charge in [-0.3, -0.25) is 4.79 Å². The molecule has 122 valence electrons. The van der Waals surface area contributed by atoms with Gasteiger partial charge in [-0.1, -0.05) is 5.16 Å². The molecule has 2 heterocycles. The van der Waals surface area contributed by atoms with Crippen LogP contribution in [0.4, 0.5) is 0 Å². The standard InChI is InChI=1S/C15H24N4O2S/c1-22-8-6-12(16)15(20)19-7-2-3-11(9-19)13-17-14(21-18-13)10-4-5-10/h10-12H,2-9,16H2,1H3/t11?,12-/m0/s1. The Morgan fingerprint density at radius 3 is 3.00 bits per heavy atom. The largest absolute Gasteiger partial charge is 0.341 e. The molecule has 2 aliphatic rings. The highest BCUT2D eigenvalue weighted by Gasteiger charge is 2.33. The summed E-state index contributed by atoms with van der Waals surface area (Å²) < 4.78 is 5.35. The van der Waals surface area contributed by atoms with E-state index in [4.69, 9.17) is 10.3 Å². The summed E-state index contributed by atoms with van der Waals surface area (Å²) in [6, 6.07) is -0.390. The van der Waals surface area contributed by atoms with Crippen molar-refractivity contribution in [3.63, 3.8) is 0 Å². The molecule has 0 aromatic carbocycles. The molecule has 0 radical (unpaired) electrons. The van der Waals surface area contributed by atoms with Gasteiger partial charge in [-0.05, 0) is 44.1 Å². The van der Waals surface area contributed by atoms with E-state index in [-0.39, 0.29) is 11.8 Å². The number of carbonyl (C=O) groups is 1. The van der Waals surface area contributed by atoms with E-state index in [9.17, 15) is 4.79 Å². The number of hydrogen-bond donors (Lipinski definition) is 1. The van der Waals surface area contributed by atoms with Gasteiger partial charge in [0.1, 0.15) is 0 Å². The van der Waals surface area contributed by atoms with Gasteiger partial charge in [0, 0.05) is 24.9 Å². The summed E-state index contributed by atoms with van der Waals surface area (Å²) in [5, 5.41) is 4.13. The summed E-state index contributed by atoms with van der Waals surface area (Å²) in [4.78, 5) is 18.8. The Kier molecular flexibility index (Phi) is 5.03. The minimum absolute atomic E-state index is 0.0599. The van der Waals surface area contributed by atoms with Crippen LogP contribution in [0.25, 0.3) is 0 Å². The Labute approximate surface area is 135 Å². The lowest BCUT2D eigenvalue weighted by atomic mass is 9.96. The Hall–Kier alpha value is -1.08. The zero-order chi connectivity index (χ0) is 15.5. The number of hydrogen-bond acceptors (Lipinski definition) is 6. The van der Waals surface area contributed by atoms with Gasteiger partial charge in [-0.2, -0.15) is 16.7 Å². The van der Waals surface area contributed by atoms with E-state index >= 15 is 0 Å². The third kappa shape index (κ3) is 3.63. The SMILES string of the molecule is CSCC[C@H](N)C(=O)N1CCCC(c2noc(C3CC3)n2)C1. The fraction of sp³-hybridized carbons (Fsp3) is 0.800. The molecule has 2 atom stereocenters. The summed E-state index contributed by atoms with van der Waals surface area (Å²) in [6.07, 6.45) is 7.05. The highest BCUT2D eigenvalue weighted by molar-refractivity contribution is 7.98. The molecule has 1 unspecified atom stereocenters. The van der Waals surface area contributed by atoms with Gasteiger partial charge in [0.05, 0.1) is 6.04 Å². The maximum atomic E-state index is 12.4. The number of aromatic nitrogens is 2. The highest BCUT2D eigenvalue weighted by atomic mass is 32.2.